The Kier molecular flexibility index (Phi) is 4.60. The van der Waals surface area contributed by atoms with Gasteiger partial charge in [0.25, 0.3) is 5.91 Å². The number of halogens is 3. The Hall–Kier alpha value is -1.20. The number of anilines is 1. The number of aryl methyl sites for hydroxylation is 2. The Balaban J connectivity index is 2.38. The van der Waals surface area contributed by atoms with Crippen LogP contribution < -0.4 is 5.32 Å². The van der Waals surface area contributed by atoms with Gasteiger partial charge in [0.1, 0.15) is 5.82 Å². The van der Waals surface area contributed by atoms with Gasteiger partial charge in [0.15, 0.2) is 0 Å². The Morgan fingerprint density at radius 1 is 1.15 bits per heavy atom. The van der Waals surface area contributed by atoms with Crippen LogP contribution in [0.25, 0.3) is 0 Å². The predicted molar refractivity (Wildman–Crippen MR) is 85.7 cm³/mol. The van der Waals surface area contributed by atoms with Crippen molar-refractivity contribution in [2.75, 3.05) is 5.32 Å². The molecule has 2 rings (SSSR count). The minimum atomic E-state index is -0.558. The van der Waals surface area contributed by atoms with Crippen molar-refractivity contribution in [1.29, 1.82) is 0 Å². The number of hydrogen-bond donors (Lipinski definition) is 1. The summed E-state index contributed by atoms with van der Waals surface area (Å²) in [5.41, 5.74) is 2.65. The van der Waals surface area contributed by atoms with Gasteiger partial charge in [0.05, 0.1) is 11.3 Å². The van der Waals surface area contributed by atoms with E-state index in [4.69, 9.17) is 0 Å². The quantitative estimate of drug-likeness (QED) is 0.735. The lowest BCUT2D eigenvalue weighted by molar-refractivity contribution is 0.102. The molecule has 0 unspecified atom stereocenters. The smallest absolute Gasteiger partial charge is 0.259 e. The van der Waals surface area contributed by atoms with Crippen molar-refractivity contribution < 1.29 is 9.18 Å². The van der Waals surface area contributed by atoms with E-state index in [0.717, 1.165) is 15.6 Å². The lowest BCUT2D eigenvalue weighted by Crippen LogP contribution is -2.15. The van der Waals surface area contributed by atoms with Crippen molar-refractivity contribution in [3.05, 3.63) is 61.8 Å². The van der Waals surface area contributed by atoms with Gasteiger partial charge < -0.3 is 5.32 Å². The molecule has 0 heterocycles. The minimum absolute atomic E-state index is 0.000579. The lowest BCUT2D eigenvalue weighted by Gasteiger charge is -2.13. The third-order valence-corrected chi connectivity index (χ3v) is 4.15. The second kappa shape index (κ2) is 6.06. The molecule has 0 bridgehead atoms. The highest BCUT2D eigenvalue weighted by molar-refractivity contribution is 9.11. The van der Waals surface area contributed by atoms with Crippen LogP contribution in [0.5, 0.6) is 0 Å². The molecule has 0 aliphatic carbocycles. The number of hydrogen-bond acceptors (Lipinski definition) is 1. The molecule has 0 atom stereocenters. The fourth-order valence-electron chi connectivity index (χ4n) is 1.96. The number of carbonyl (C=O) groups excluding carboxylic acids is 1. The number of nitrogens with one attached hydrogen (secondary N) is 1. The number of benzene rings is 2. The van der Waals surface area contributed by atoms with Crippen molar-refractivity contribution in [2.45, 2.75) is 13.8 Å². The molecular formula is C15H12Br2FNO. The molecule has 20 heavy (non-hydrogen) atoms. The van der Waals surface area contributed by atoms with Crippen LogP contribution in [-0.2, 0) is 0 Å². The molecule has 2 nitrogen and oxygen atoms in total. The third-order valence-electron chi connectivity index (χ3n) is 2.86. The van der Waals surface area contributed by atoms with Crippen LogP contribution in [0.2, 0.25) is 0 Å². The number of amides is 1. The van der Waals surface area contributed by atoms with Crippen LogP contribution in [0.1, 0.15) is 21.5 Å². The SMILES string of the molecule is Cc1cc(C)c(NC(=O)c2c(F)cccc2Br)c(Br)c1. The maximum absolute atomic E-state index is 13.8. The summed E-state index contributed by atoms with van der Waals surface area (Å²) in [6, 6.07) is 8.30. The van der Waals surface area contributed by atoms with Gasteiger partial charge in [-0.1, -0.05) is 12.1 Å². The van der Waals surface area contributed by atoms with Gasteiger partial charge in [-0.05, 0) is 75.0 Å². The van der Waals surface area contributed by atoms with Crippen molar-refractivity contribution in [2.24, 2.45) is 0 Å². The van der Waals surface area contributed by atoms with E-state index in [-0.39, 0.29) is 5.56 Å². The Morgan fingerprint density at radius 2 is 1.85 bits per heavy atom. The summed E-state index contributed by atoms with van der Waals surface area (Å²) in [6.07, 6.45) is 0. The zero-order valence-electron chi connectivity index (χ0n) is 10.9. The average Bonchev–Trinajstić information content (AvgIpc) is 2.33. The van der Waals surface area contributed by atoms with E-state index in [0.29, 0.717) is 10.2 Å². The highest BCUT2D eigenvalue weighted by Crippen LogP contribution is 2.29. The Bertz CT molecular complexity index is 642. The van der Waals surface area contributed by atoms with Gasteiger partial charge in [-0.3, -0.25) is 4.79 Å². The molecule has 0 fully saturated rings. The summed E-state index contributed by atoms with van der Waals surface area (Å²) >= 11 is 6.61. The standard InChI is InChI=1S/C15H12Br2FNO/c1-8-6-9(2)14(11(17)7-8)19-15(20)13-10(16)4-3-5-12(13)18/h3-7H,1-2H3,(H,19,20). The molecule has 0 radical (unpaired) electrons. The lowest BCUT2D eigenvalue weighted by atomic mass is 10.1. The molecule has 2 aromatic rings. The summed E-state index contributed by atoms with van der Waals surface area (Å²) in [5, 5.41) is 2.75. The van der Waals surface area contributed by atoms with E-state index in [1.807, 2.05) is 26.0 Å². The van der Waals surface area contributed by atoms with Crippen molar-refractivity contribution in [1.82, 2.24) is 0 Å². The highest BCUT2D eigenvalue weighted by atomic mass is 79.9. The van der Waals surface area contributed by atoms with E-state index >= 15 is 0 Å². The number of carbonyl (C=O) groups is 1. The van der Waals surface area contributed by atoms with Gasteiger partial charge in [-0.25, -0.2) is 4.39 Å². The molecule has 0 spiro atoms. The monoisotopic (exact) mass is 399 g/mol. The average molecular weight is 401 g/mol. The molecular weight excluding hydrogens is 389 g/mol. The fraction of sp³-hybridized carbons (Fsp3) is 0.133. The van der Waals surface area contributed by atoms with E-state index in [2.05, 4.69) is 37.2 Å². The van der Waals surface area contributed by atoms with E-state index in [1.54, 1.807) is 12.1 Å². The maximum Gasteiger partial charge on any atom is 0.259 e. The van der Waals surface area contributed by atoms with Crippen LogP contribution in [-0.4, -0.2) is 5.91 Å². The first-order valence-corrected chi connectivity index (χ1v) is 7.51. The molecule has 0 saturated carbocycles. The molecule has 2 aromatic carbocycles. The molecule has 0 aliphatic rings. The second-order valence-corrected chi connectivity index (χ2v) is 6.20. The van der Waals surface area contributed by atoms with Gasteiger partial charge in [-0.2, -0.15) is 0 Å². The summed E-state index contributed by atoms with van der Waals surface area (Å²) in [5.74, 6) is -1.04. The normalized spacial score (nSPS) is 10.4. The van der Waals surface area contributed by atoms with Crippen LogP contribution in [0.15, 0.2) is 39.3 Å². The second-order valence-electron chi connectivity index (χ2n) is 4.49. The molecule has 0 saturated heterocycles. The van der Waals surface area contributed by atoms with Crippen LogP contribution in [0, 0.1) is 19.7 Å². The molecule has 1 amide bonds. The summed E-state index contributed by atoms with van der Waals surface area (Å²) in [6.45, 7) is 3.86. The van der Waals surface area contributed by atoms with Crippen LogP contribution >= 0.6 is 31.9 Å². The third kappa shape index (κ3) is 3.10. The maximum atomic E-state index is 13.8. The Morgan fingerprint density at radius 3 is 2.45 bits per heavy atom. The summed E-state index contributed by atoms with van der Waals surface area (Å²) in [4.78, 5) is 12.2. The topological polar surface area (TPSA) is 29.1 Å². The van der Waals surface area contributed by atoms with Crippen molar-refractivity contribution >= 4 is 43.5 Å². The molecule has 104 valence electrons. The Labute approximate surface area is 133 Å². The first-order chi connectivity index (χ1) is 9.40. The first-order valence-electron chi connectivity index (χ1n) is 5.92. The predicted octanol–water partition coefficient (Wildman–Crippen LogP) is 5.22. The largest absolute Gasteiger partial charge is 0.321 e. The van der Waals surface area contributed by atoms with Crippen molar-refractivity contribution in [3.63, 3.8) is 0 Å². The fourth-order valence-corrected chi connectivity index (χ4v) is 3.26. The van der Waals surface area contributed by atoms with Crippen LogP contribution in [0.4, 0.5) is 10.1 Å². The van der Waals surface area contributed by atoms with E-state index in [1.165, 1.54) is 6.07 Å². The molecule has 0 aromatic heterocycles. The number of rotatable bonds is 2. The van der Waals surface area contributed by atoms with Gasteiger partial charge in [-0.15, -0.1) is 0 Å². The molecule has 1 N–H and O–H groups in total. The van der Waals surface area contributed by atoms with Gasteiger partial charge >= 0.3 is 0 Å². The minimum Gasteiger partial charge on any atom is -0.321 e. The summed E-state index contributed by atoms with van der Waals surface area (Å²) in [7, 11) is 0. The van der Waals surface area contributed by atoms with E-state index in [9.17, 15) is 9.18 Å². The molecule has 5 heteroatoms. The van der Waals surface area contributed by atoms with Crippen molar-refractivity contribution in [3.8, 4) is 0 Å². The zero-order valence-corrected chi connectivity index (χ0v) is 14.1. The van der Waals surface area contributed by atoms with Gasteiger partial charge in [0.2, 0.25) is 0 Å². The molecule has 0 aliphatic heterocycles. The van der Waals surface area contributed by atoms with E-state index < -0.39 is 11.7 Å². The zero-order chi connectivity index (χ0) is 14.9. The highest BCUT2D eigenvalue weighted by Gasteiger charge is 2.17. The summed E-state index contributed by atoms with van der Waals surface area (Å²) < 4.78 is 15.0. The first kappa shape index (κ1) is 15.2. The van der Waals surface area contributed by atoms with Gasteiger partial charge in [0, 0.05) is 8.95 Å². The van der Waals surface area contributed by atoms with Crippen LogP contribution in [0.3, 0.4) is 0 Å².